The Bertz CT molecular complexity index is 277. The Morgan fingerprint density at radius 1 is 1.12 bits per heavy atom. The SMILES string of the molecule is CCC(=O)C(C)(C)CCNC(=O)OC(C)(C)C. The van der Waals surface area contributed by atoms with Gasteiger partial charge in [-0.05, 0) is 27.2 Å². The standard InChI is InChI=1S/C13H25NO3/c1-7-10(15)13(5,6)8-9-14-11(16)17-12(2,3)4/h7-9H2,1-6H3,(H,14,16). The van der Waals surface area contributed by atoms with Crippen molar-refractivity contribution in [1.29, 1.82) is 0 Å². The molecule has 0 rings (SSSR count). The third kappa shape index (κ3) is 6.97. The zero-order valence-corrected chi connectivity index (χ0v) is 11.8. The van der Waals surface area contributed by atoms with Gasteiger partial charge in [0.25, 0.3) is 0 Å². The smallest absolute Gasteiger partial charge is 0.407 e. The number of Topliss-reactive ketones (excluding diaryl/α,β-unsaturated/α-hetero) is 1. The number of ketones is 1. The molecular formula is C13H25NO3. The van der Waals surface area contributed by atoms with Gasteiger partial charge in [-0.3, -0.25) is 4.79 Å². The zero-order chi connectivity index (χ0) is 13.7. The Kier molecular flexibility index (Phi) is 5.66. The van der Waals surface area contributed by atoms with Gasteiger partial charge in [-0.25, -0.2) is 4.79 Å². The first kappa shape index (κ1) is 15.9. The minimum Gasteiger partial charge on any atom is -0.444 e. The third-order valence-electron chi connectivity index (χ3n) is 2.49. The van der Waals surface area contributed by atoms with Gasteiger partial charge in [0.05, 0.1) is 0 Å². The molecule has 0 heterocycles. The number of amides is 1. The number of carbonyl (C=O) groups is 2. The van der Waals surface area contributed by atoms with Crippen molar-refractivity contribution in [1.82, 2.24) is 5.32 Å². The van der Waals surface area contributed by atoms with Crippen molar-refractivity contribution >= 4 is 11.9 Å². The first-order chi connectivity index (χ1) is 7.58. The van der Waals surface area contributed by atoms with E-state index in [0.29, 0.717) is 19.4 Å². The normalized spacial score (nSPS) is 12.1. The molecule has 0 atom stereocenters. The average molecular weight is 243 g/mol. The van der Waals surface area contributed by atoms with Crippen molar-refractivity contribution in [2.24, 2.45) is 5.41 Å². The molecule has 0 aromatic carbocycles. The maximum absolute atomic E-state index is 11.6. The van der Waals surface area contributed by atoms with Crippen LogP contribution in [0.1, 0.15) is 54.4 Å². The van der Waals surface area contributed by atoms with Crippen LogP contribution in [-0.2, 0) is 9.53 Å². The van der Waals surface area contributed by atoms with Gasteiger partial charge in [-0.15, -0.1) is 0 Å². The fourth-order valence-corrected chi connectivity index (χ4v) is 1.41. The van der Waals surface area contributed by atoms with E-state index in [1.165, 1.54) is 0 Å². The van der Waals surface area contributed by atoms with Crippen LogP contribution >= 0.6 is 0 Å². The van der Waals surface area contributed by atoms with Crippen LogP contribution < -0.4 is 5.32 Å². The summed E-state index contributed by atoms with van der Waals surface area (Å²) in [5, 5.41) is 2.66. The molecule has 100 valence electrons. The van der Waals surface area contributed by atoms with Crippen LogP contribution in [0.4, 0.5) is 4.79 Å². The largest absolute Gasteiger partial charge is 0.444 e. The predicted octanol–water partition coefficient (Wildman–Crippen LogP) is 2.91. The van der Waals surface area contributed by atoms with Crippen molar-refractivity contribution in [2.45, 2.75) is 60.0 Å². The van der Waals surface area contributed by atoms with E-state index in [9.17, 15) is 9.59 Å². The van der Waals surface area contributed by atoms with E-state index in [1.807, 2.05) is 41.5 Å². The lowest BCUT2D eigenvalue weighted by atomic mass is 9.83. The summed E-state index contributed by atoms with van der Waals surface area (Å²) in [5.41, 5.74) is -0.872. The van der Waals surface area contributed by atoms with Crippen LogP contribution in [0.25, 0.3) is 0 Å². The molecule has 0 unspecified atom stereocenters. The molecule has 1 N–H and O–H groups in total. The Labute approximate surface area is 104 Å². The topological polar surface area (TPSA) is 55.4 Å². The number of hydrogen-bond donors (Lipinski definition) is 1. The van der Waals surface area contributed by atoms with E-state index >= 15 is 0 Å². The lowest BCUT2D eigenvalue weighted by Gasteiger charge is -2.23. The molecule has 1 amide bonds. The maximum Gasteiger partial charge on any atom is 0.407 e. The highest BCUT2D eigenvalue weighted by molar-refractivity contribution is 5.83. The third-order valence-corrected chi connectivity index (χ3v) is 2.49. The van der Waals surface area contributed by atoms with Gasteiger partial charge >= 0.3 is 6.09 Å². The van der Waals surface area contributed by atoms with Gasteiger partial charge < -0.3 is 10.1 Å². The number of carbonyl (C=O) groups excluding carboxylic acids is 2. The second-order valence-electron chi connectivity index (χ2n) is 5.84. The molecule has 17 heavy (non-hydrogen) atoms. The average Bonchev–Trinajstić information content (AvgIpc) is 2.13. The molecule has 0 saturated carbocycles. The number of hydrogen-bond acceptors (Lipinski definition) is 3. The highest BCUT2D eigenvalue weighted by Crippen LogP contribution is 2.22. The second kappa shape index (κ2) is 6.03. The molecule has 0 aliphatic rings. The first-order valence-electron chi connectivity index (χ1n) is 6.08. The van der Waals surface area contributed by atoms with Crippen molar-refractivity contribution < 1.29 is 14.3 Å². The highest BCUT2D eigenvalue weighted by Gasteiger charge is 2.25. The van der Waals surface area contributed by atoms with E-state index in [0.717, 1.165) is 0 Å². The molecule has 0 aromatic rings. The van der Waals surface area contributed by atoms with Crippen molar-refractivity contribution in [3.63, 3.8) is 0 Å². The van der Waals surface area contributed by atoms with E-state index in [4.69, 9.17) is 4.74 Å². The Morgan fingerprint density at radius 2 is 1.65 bits per heavy atom. The molecule has 4 nitrogen and oxygen atoms in total. The number of rotatable bonds is 5. The number of nitrogens with one attached hydrogen (secondary N) is 1. The molecule has 0 fully saturated rings. The summed E-state index contributed by atoms with van der Waals surface area (Å²) in [5.74, 6) is 0.212. The molecule has 0 aromatic heterocycles. The Morgan fingerprint density at radius 3 is 2.06 bits per heavy atom. The summed E-state index contributed by atoms with van der Waals surface area (Å²) >= 11 is 0. The lowest BCUT2D eigenvalue weighted by Crippen LogP contribution is -2.35. The van der Waals surface area contributed by atoms with E-state index < -0.39 is 11.7 Å². The summed E-state index contributed by atoms with van der Waals surface area (Å²) < 4.78 is 5.10. The Hall–Kier alpha value is -1.06. The van der Waals surface area contributed by atoms with Gasteiger partial charge in [0.1, 0.15) is 11.4 Å². The fraction of sp³-hybridized carbons (Fsp3) is 0.846. The summed E-state index contributed by atoms with van der Waals surface area (Å²) in [7, 11) is 0. The van der Waals surface area contributed by atoms with Crippen LogP contribution in [0.5, 0.6) is 0 Å². The van der Waals surface area contributed by atoms with Gasteiger partial charge in [0.15, 0.2) is 0 Å². The molecule has 0 bridgehead atoms. The predicted molar refractivity (Wildman–Crippen MR) is 67.9 cm³/mol. The lowest BCUT2D eigenvalue weighted by molar-refractivity contribution is -0.127. The minimum atomic E-state index is -0.487. The molecule has 0 spiro atoms. The van der Waals surface area contributed by atoms with Crippen LogP contribution in [0, 0.1) is 5.41 Å². The van der Waals surface area contributed by atoms with Gasteiger partial charge in [-0.2, -0.15) is 0 Å². The van der Waals surface area contributed by atoms with Crippen molar-refractivity contribution in [3.8, 4) is 0 Å². The molecule has 4 heteroatoms. The highest BCUT2D eigenvalue weighted by atomic mass is 16.6. The van der Waals surface area contributed by atoms with Crippen LogP contribution in [0.15, 0.2) is 0 Å². The van der Waals surface area contributed by atoms with Gasteiger partial charge in [-0.1, -0.05) is 20.8 Å². The van der Waals surface area contributed by atoms with Gasteiger partial charge in [0, 0.05) is 18.4 Å². The monoisotopic (exact) mass is 243 g/mol. The van der Waals surface area contributed by atoms with Gasteiger partial charge in [0.2, 0.25) is 0 Å². The Balaban J connectivity index is 4.00. The van der Waals surface area contributed by atoms with Crippen LogP contribution in [-0.4, -0.2) is 24.0 Å². The molecular weight excluding hydrogens is 218 g/mol. The summed E-state index contributed by atoms with van der Waals surface area (Å²) in [4.78, 5) is 23.0. The summed E-state index contributed by atoms with van der Waals surface area (Å²) in [6.07, 6.45) is 0.718. The van der Waals surface area contributed by atoms with Crippen LogP contribution in [0.2, 0.25) is 0 Å². The maximum atomic E-state index is 11.6. The summed E-state index contributed by atoms with van der Waals surface area (Å²) in [6.45, 7) is 11.6. The zero-order valence-electron chi connectivity index (χ0n) is 11.8. The minimum absolute atomic E-state index is 0.212. The first-order valence-corrected chi connectivity index (χ1v) is 6.08. The number of alkyl carbamates (subject to hydrolysis) is 1. The van der Waals surface area contributed by atoms with E-state index in [-0.39, 0.29) is 11.2 Å². The molecule has 0 saturated heterocycles. The van der Waals surface area contributed by atoms with Crippen molar-refractivity contribution in [3.05, 3.63) is 0 Å². The molecule has 0 radical (unpaired) electrons. The molecule has 0 aliphatic carbocycles. The quantitative estimate of drug-likeness (QED) is 0.807. The fourth-order valence-electron chi connectivity index (χ4n) is 1.41. The van der Waals surface area contributed by atoms with Crippen LogP contribution in [0.3, 0.4) is 0 Å². The molecule has 0 aliphatic heterocycles. The second-order valence-corrected chi connectivity index (χ2v) is 5.84. The van der Waals surface area contributed by atoms with E-state index in [1.54, 1.807) is 0 Å². The summed E-state index contributed by atoms with van der Waals surface area (Å²) in [6, 6.07) is 0. The van der Waals surface area contributed by atoms with Crippen molar-refractivity contribution in [2.75, 3.05) is 6.54 Å². The number of ether oxygens (including phenoxy) is 1. The van der Waals surface area contributed by atoms with E-state index in [2.05, 4.69) is 5.32 Å².